The van der Waals surface area contributed by atoms with Crippen molar-refractivity contribution >= 4 is 27.3 Å². The maximum absolute atomic E-state index is 5.40. The van der Waals surface area contributed by atoms with E-state index < -0.39 is 0 Å². The molecule has 0 saturated carbocycles. The van der Waals surface area contributed by atoms with Crippen molar-refractivity contribution in [3.05, 3.63) is 3.79 Å². The first-order chi connectivity index (χ1) is 5.83. The SMILES string of the molecule is COc1sc(Br)c2c1OCCO2. The maximum Gasteiger partial charge on any atom is 0.221 e. The molecule has 0 bridgehead atoms. The lowest BCUT2D eigenvalue weighted by molar-refractivity contribution is 0.167. The first-order valence-corrected chi connectivity index (χ1v) is 5.05. The van der Waals surface area contributed by atoms with E-state index in [-0.39, 0.29) is 0 Å². The average Bonchev–Trinajstić information content (AvgIpc) is 2.44. The number of methoxy groups -OCH3 is 1. The lowest BCUT2D eigenvalue weighted by Gasteiger charge is -2.15. The van der Waals surface area contributed by atoms with Gasteiger partial charge in [0.25, 0.3) is 0 Å². The molecule has 0 fully saturated rings. The Kier molecular flexibility index (Phi) is 2.14. The highest BCUT2D eigenvalue weighted by Gasteiger charge is 2.23. The summed E-state index contributed by atoms with van der Waals surface area (Å²) >= 11 is 4.85. The van der Waals surface area contributed by atoms with Crippen molar-refractivity contribution < 1.29 is 14.2 Å². The molecule has 12 heavy (non-hydrogen) atoms. The molecule has 0 N–H and O–H groups in total. The summed E-state index contributed by atoms with van der Waals surface area (Å²) in [6.07, 6.45) is 0. The van der Waals surface area contributed by atoms with E-state index in [0.717, 1.165) is 20.3 Å². The van der Waals surface area contributed by atoms with Crippen LogP contribution in [0.25, 0.3) is 0 Å². The first-order valence-electron chi connectivity index (χ1n) is 3.45. The molecule has 0 aromatic carbocycles. The number of hydrogen-bond acceptors (Lipinski definition) is 4. The average molecular weight is 251 g/mol. The quantitative estimate of drug-likeness (QED) is 0.766. The highest BCUT2D eigenvalue weighted by Crippen LogP contribution is 2.51. The first kappa shape index (κ1) is 8.19. The van der Waals surface area contributed by atoms with Gasteiger partial charge in [0.2, 0.25) is 10.8 Å². The minimum absolute atomic E-state index is 0.590. The molecule has 1 aromatic heterocycles. The van der Waals surface area contributed by atoms with E-state index in [1.165, 1.54) is 11.3 Å². The van der Waals surface area contributed by atoms with Crippen LogP contribution in [0.1, 0.15) is 0 Å². The number of rotatable bonds is 1. The molecule has 0 unspecified atom stereocenters. The van der Waals surface area contributed by atoms with Crippen LogP contribution in [-0.2, 0) is 0 Å². The van der Waals surface area contributed by atoms with Crippen LogP contribution in [0, 0.1) is 0 Å². The van der Waals surface area contributed by atoms with Gasteiger partial charge in [-0.3, -0.25) is 0 Å². The third kappa shape index (κ3) is 1.17. The lowest BCUT2D eigenvalue weighted by Crippen LogP contribution is -2.14. The van der Waals surface area contributed by atoms with Crippen molar-refractivity contribution in [3.8, 4) is 16.6 Å². The van der Waals surface area contributed by atoms with Crippen molar-refractivity contribution in [2.75, 3.05) is 20.3 Å². The van der Waals surface area contributed by atoms with Gasteiger partial charge in [0.15, 0.2) is 5.75 Å². The van der Waals surface area contributed by atoms with Crippen LogP contribution in [0.2, 0.25) is 0 Å². The van der Waals surface area contributed by atoms with Gasteiger partial charge in [0.05, 0.1) is 7.11 Å². The van der Waals surface area contributed by atoms with Crippen LogP contribution in [-0.4, -0.2) is 20.3 Å². The number of thiophene rings is 1. The number of ether oxygens (including phenoxy) is 3. The Morgan fingerprint density at radius 2 is 2.00 bits per heavy atom. The minimum atomic E-state index is 0.590. The molecule has 1 aromatic rings. The summed E-state index contributed by atoms with van der Waals surface area (Å²) in [5, 5.41) is 0.761. The largest absolute Gasteiger partial charge is 0.484 e. The van der Waals surface area contributed by atoms with Gasteiger partial charge in [-0.15, -0.1) is 0 Å². The molecule has 1 aliphatic heterocycles. The van der Waals surface area contributed by atoms with E-state index >= 15 is 0 Å². The molecule has 0 spiro atoms. The predicted octanol–water partition coefficient (Wildman–Crippen LogP) is 2.29. The topological polar surface area (TPSA) is 27.7 Å². The van der Waals surface area contributed by atoms with E-state index in [1.807, 2.05) is 0 Å². The van der Waals surface area contributed by atoms with Gasteiger partial charge < -0.3 is 14.2 Å². The second-order valence-corrected chi connectivity index (χ2v) is 4.52. The fraction of sp³-hybridized carbons (Fsp3) is 0.429. The molecule has 2 rings (SSSR count). The molecule has 5 heteroatoms. The summed E-state index contributed by atoms with van der Waals surface area (Å²) < 4.78 is 16.8. The summed E-state index contributed by atoms with van der Waals surface area (Å²) in [5.41, 5.74) is 0. The van der Waals surface area contributed by atoms with Crippen molar-refractivity contribution in [3.63, 3.8) is 0 Å². The van der Waals surface area contributed by atoms with Crippen molar-refractivity contribution in [1.82, 2.24) is 0 Å². The van der Waals surface area contributed by atoms with Gasteiger partial charge in [-0.25, -0.2) is 0 Å². The Labute approximate surface area is 82.4 Å². The summed E-state index contributed by atoms with van der Waals surface area (Å²) in [4.78, 5) is 0. The van der Waals surface area contributed by atoms with Crippen molar-refractivity contribution in [1.29, 1.82) is 0 Å². The van der Waals surface area contributed by atoms with E-state index in [2.05, 4.69) is 15.9 Å². The van der Waals surface area contributed by atoms with Crippen LogP contribution in [0.5, 0.6) is 16.6 Å². The fourth-order valence-electron chi connectivity index (χ4n) is 1.02. The van der Waals surface area contributed by atoms with Crippen molar-refractivity contribution in [2.24, 2.45) is 0 Å². The van der Waals surface area contributed by atoms with Crippen LogP contribution >= 0.6 is 27.3 Å². The Morgan fingerprint density at radius 3 is 2.67 bits per heavy atom. The van der Waals surface area contributed by atoms with Crippen LogP contribution in [0.3, 0.4) is 0 Å². The third-order valence-corrected chi connectivity index (χ3v) is 3.26. The Balaban J connectivity index is 2.47. The maximum atomic E-state index is 5.40. The van der Waals surface area contributed by atoms with E-state index in [0.29, 0.717) is 13.2 Å². The normalized spacial score (nSPS) is 14.5. The smallest absolute Gasteiger partial charge is 0.221 e. The summed E-state index contributed by atoms with van der Waals surface area (Å²) in [5.74, 6) is 1.49. The number of hydrogen-bond donors (Lipinski definition) is 0. The molecule has 2 heterocycles. The van der Waals surface area contributed by atoms with E-state index in [4.69, 9.17) is 14.2 Å². The monoisotopic (exact) mass is 250 g/mol. The molecule has 0 saturated heterocycles. The minimum Gasteiger partial charge on any atom is -0.484 e. The van der Waals surface area contributed by atoms with Gasteiger partial charge in [0, 0.05) is 0 Å². The zero-order chi connectivity index (χ0) is 8.55. The number of fused-ring (bicyclic) bond motifs is 1. The molecular weight excluding hydrogens is 244 g/mol. The molecule has 0 radical (unpaired) electrons. The zero-order valence-corrected chi connectivity index (χ0v) is 8.83. The second kappa shape index (κ2) is 3.14. The van der Waals surface area contributed by atoms with Crippen molar-refractivity contribution in [2.45, 2.75) is 0 Å². The van der Waals surface area contributed by atoms with Crippen LogP contribution in [0.15, 0.2) is 3.79 Å². The van der Waals surface area contributed by atoms with E-state index in [1.54, 1.807) is 7.11 Å². The Hall–Kier alpha value is -0.420. The standard InChI is InChI=1S/C7H7BrO3S/c1-9-7-5-4(6(8)12-7)10-2-3-11-5/h2-3H2,1H3. The summed E-state index contributed by atoms with van der Waals surface area (Å²) in [7, 11) is 1.62. The zero-order valence-electron chi connectivity index (χ0n) is 6.43. The number of halogens is 1. The lowest BCUT2D eigenvalue weighted by atomic mass is 10.5. The molecule has 0 aliphatic carbocycles. The van der Waals surface area contributed by atoms with Crippen LogP contribution in [0.4, 0.5) is 0 Å². The fourth-order valence-corrected chi connectivity index (χ4v) is 2.49. The van der Waals surface area contributed by atoms with Crippen LogP contribution < -0.4 is 14.2 Å². The molecule has 0 atom stereocenters. The highest BCUT2D eigenvalue weighted by atomic mass is 79.9. The Morgan fingerprint density at radius 1 is 1.33 bits per heavy atom. The predicted molar refractivity (Wildman–Crippen MR) is 49.6 cm³/mol. The summed E-state index contributed by atoms with van der Waals surface area (Å²) in [6, 6.07) is 0. The molecular formula is C7H7BrO3S. The highest BCUT2D eigenvalue weighted by molar-refractivity contribution is 9.11. The third-order valence-electron chi connectivity index (χ3n) is 1.51. The van der Waals surface area contributed by atoms with Gasteiger partial charge in [-0.1, -0.05) is 11.3 Å². The van der Waals surface area contributed by atoms with Gasteiger partial charge >= 0.3 is 0 Å². The van der Waals surface area contributed by atoms with E-state index in [9.17, 15) is 0 Å². The van der Waals surface area contributed by atoms with Gasteiger partial charge in [-0.2, -0.15) is 0 Å². The second-order valence-electron chi connectivity index (χ2n) is 2.22. The molecule has 3 nitrogen and oxygen atoms in total. The molecule has 0 amide bonds. The molecule has 1 aliphatic rings. The Bertz CT molecular complexity index is 297. The molecule has 66 valence electrons. The van der Waals surface area contributed by atoms with Gasteiger partial charge in [0.1, 0.15) is 17.0 Å². The summed E-state index contributed by atoms with van der Waals surface area (Å²) in [6.45, 7) is 1.19. The van der Waals surface area contributed by atoms with Gasteiger partial charge in [-0.05, 0) is 15.9 Å².